The SMILES string of the molecule is Nc1cccc2c(Br)ccc(S(=O)(=O)O)c12.O=[N+]([O-])c1cccc2c(Br)ccc(S(=O)(=O)O)c12.[NaH]. The van der Waals surface area contributed by atoms with Gasteiger partial charge in [0.1, 0.15) is 9.79 Å². The van der Waals surface area contributed by atoms with Gasteiger partial charge in [0.2, 0.25) is 0 Å². The molecule has 0 unspecified atom stereocenters. The van der Waals surface area contributed by atoms with Crippen molar-refractivity contribution in [2.24, 2.45) is 0 Å². The van der Waals surface area contributed by atoms with Gasteiger partial charge in [0.25, 0.3) is 25.9 Å². The van der Waals surface area contributed by atoms with E-state index in [9.17, 15) is 26.9 Å². The molecule has 0 saturated carbocycles. The number of nitrogen functional groups attached to an aromatic ring is 1. The zero-order chi connectivity index (χ0) is 25.4. The van der Waals surface area contributed by atoms with Crippen LogP contribution in [-0.4, -0.2) is 60.4 Å². The zero-order valence-corrected chi connectivity index (χ0v) is 21.5. The Morgan fingerprint density at radius 2 is 1.17 bits per heavy atom. The second kappa shape index (κ2) is 11.2. The summed E-state index contributed by atoms with van der Waals surface area (Å²) in [6.45, 7) is 0. The second-order valence-corrected chi connectivity index (χ2v) is 11.3. The number of anilines is 1. The van der Waals surface area contributed by atoms with Crippen molar-refractivity contribution >= 4 is 115 Å². The van der Waals surface area contributed by atoms with Crippen molar-refractivity contribution in [3.8, 4) is 0 Å². The molecule has 0 amide bonds. The van der Waals surface area contributed by atoms with E-state index in [0.29, 0.717) is 26.3 Å². The summed E-state index contributed by atoms with van der Waals surface area (Å²) in [5.74, 6) is 0. The summed E-state index contributed by atoms with van der Waals surface area (Å²) < 4.78 is 64.3. The molecule has 0 aromatic heterocycles. The number of nitrogens with two attached hydrogens (primary N) is 1. The summed E-state index contributed by atoms with van der Waals surface area (Å²) in [4.78, 5) is 9.57. The fourth-order valence-electron chi connectivity index (χ4n) is 3.27. The third kappa shape index (κ3) is 6.39. The maximum absolute atomic E-state index is 11.3. The number of nitrogens with zero attached hydrogens (tertiary/aromatic N) is 1. The van der Waals surface area contributed by atoms with Crippen LogP contribution < -0.4 is 5.73 Å². The Hall–Kier alpha value is -1.62. The first-order valence-corrected chi connectivity index (χ1v) is 13.5. The van der Waals surface area contributed by atoms with Crippen LogP contribution in [-0.2, 0) is 20.2 Å². The van der Waals surface area contributed by atoms with Gasteiger partial charge in [-0.25, -0.2) is 0 Å². The molecule has 0 saturated heterocycles. The maximum atomic E-state index is 11.3. The summed E-state index contributed by atoms with van der Waals surface area (Å²) >= 11 is 6.48. The monoisotopic (exact) mass is 656 g/mol. The van der Waals surface area contributed by atoms with E-state index in [4.69, 9.17) is 14.8 Å². The predicted octanol–water partition coefficient (Wildman–Crippen LogP) is 4.54. The average Bonchev–Trinajstić information content (AvgIpc) is 2.73. The van der Waals surface area contributed by atoms with Gasteiger partial charge in [-0.15, -0.1) is 0 Å². The summed E-state index contributed by atoms with van der Waals surface area (Å²) in [7, 11) is -8.80. The van der Waals surface area contributed by atoms with E-state index in [0.717, 1.165) is 10.5 Å². The molecular formula is C20H15Br2N2NaO8S2. The zero-order valence-electron chi connectivity index (χ0n) is 16.7. The number of rotatable bonds is 3. The summed E-state index contributed by atoms with van der Waals surface area (Å²) in [6, 6.07) is 14.6. The van der Waals surface area contributed by atoms with Crippen LogP contribution in [0.5, 0.6) is 0 Å². The Balaban J connectivity index is 0.000000241. The number of benzene rings is 4. The molecule has 10 nitrogen and oxygen atoms in total. The van der Waals surface area contributed by atoms with Crippen LogP contribution in [0.15, 0.2) is 79.4 Å². The molecule has 0 heterocycles. The van der Waals surface area contributed by atoms with Gasteiger partial charge in [-0.05, 0) is 35.7 Å². The Morgan fingerprint density at radius 3 is 1.63 bits per heavy atom. The molecule has 0 atom stereocenters. The molecule has 0 radical (unpaired) electrons. The van der Waals surface area contributed by atoms with Crippen molar-refractivity contribution in [2.75, 3.05) is 5.73 Å². The number of halogens is 2. The molecule has 15 heteroatoms. The Bertz CT molecular complexity index is 1680. The first kappa shape index (κ1) is 29.6. The number of hydrogen-bond acceptors (Lipinski definition) is 7. The number of nitro groups is 1. The van der Waals surface area contributed by atoms with Gasteiger partial charge in [0.15, 0.2) is 0 Å². The summed E-state index contributed by atoms with van der Waals surface area (Å²) in [5.41, 5.74) is 5.66. The van der Waals surface area contributed by atoms with Crippen molar-refractivity contribution in [3.63, 3.8) is 0 Å². The van der Waals surface area contributed by atoms with Crippen molar-refractivity contribution in [3.05, 3.63) is 79.7 Å². The quantitative estimate of drug-likeness (QED) is 0.0938. The molecular weight excluding hydrogens is 643 g/mol. The fraction of sp³-hybridized carbons (Fsp3) is 0. The first-order valence-electron chi connectivity index (χ1n) is 9.00. The van der Waals surface area contributed by atoms with Crippen LogP contribution in [0, 0.1) is 10.1 Å². The topological polar surface area (TPSA) is 178 Å². The number of nitro benzene ring substituents is 1. The van der Waals surface area contributed by atoms with Gasteiger partial charge in [-0.1, -0.05) is 56.1 Å². The number of fused-ring (bicyclic) bond motifs is 2. The minimum absolute atomic E-state index is 0. The van der Waals surface area contributed by atoms with Gasteiger partial charge in [0.05, 0.1) is 10.3 Å². The molecule has 0 bridgehead atoms. The van der Waals surface area contributed by atoms with Gasteiger partial charge in [-0.3, -0.25) is 19.2 Å². The van der Waals surface area contributed by atoms with Crippen LogP contribution in [0.1, 0.15) is 0 Å². The van der Waals surface area contributed by atoms with E-state index in [1.165, 1.54) is 30.3 Å². The van der Waals surface area contributed by atoms with E-state index in [2.05, 4.69) is 31.9 Å². The molecule has 4 aromatic carbocycles. The standard InChI is InChI=1S/C10H6BrNO5S.C10H8BrNO3S.Na.H/c11-7-4-5-9(18(15,16)17)10-6(7)2-1-3-8(10)12(13)14;11-7-4-5-9(16(13,14)15)10-6(7)2-1-3-8(10)12;;/h1-5H,(H,15,16,17);1-5H,12H2,(H,13,14,15);;. The van der Waals surface area contributed by atoms with Gasteiger partial charge < -0.3 is 5.73 Å². The Morgan fingerprint density at radius 1 is 0.743 bits per heavy atom. The molecule has 0 aliphatic rings. The predicted molar refractivity (Wildman–Crippen MR) is 141 cm³/mol. The van der Waals surface area contributed by atoms with Crippen LogP contribution in [0.3, 0.4) is 0 Å². The van der Waals surface area contributed by atoms with Crippen LogP contribution >= 0.6 is 31.9 Å². The Kier molecular flexibility index (Phi) is 9.47. The number of non-ortho nitro benzene ring substituents is 1. The molecule has 0 aliphatic carbocycles. The molecule has 4 rings (SSSR count). The fourth-order valence-corrected chi connectivity index (χ4v) is 5.63. The molecule has 0 aliphatic heterocycles. The van der Waals surface area contributed by atoms with Crippen molar-refractivity contribution < 1.29 is 30.9 Å². The molecule has 4 N–H and O–H groups in total. The molecule has 4 aromatic rings. The van der Waals surface area contributed by atoms with E-state index in [-0.39, 0.29) is 45.5 Å². The minimum atomic E-state index is -4.53. The van der Waals surface area contributed by atoms with Crippen LogP contribution in [0.4, 0.5) is 11.4 Å². The number of hydrogen-bond donors (Lipinski definition) is 3. The van der Waals surface area contributed by atoms with Crippen molar-refractivity contribution in [2.45, 2.75) is 9.79 Å². The van der Waals surface area contributed by atoms with Crippen molar-refractivity contribution in [1.82, 2.24) is 0 Å². The average molecular weight is 658 g/mol. The second-order valence-electron chi connectivity index (χ2n) is 6.77. The van der Waals surface area contributed by atoms with E-state index in [1.54, 1.807) is 24.3 Å². The van der Waals surface area contributed by atoms with Crippen molar-refractivity contribution in [1.29, 1.82) is 0 Å². The van der Waals surface area contributed by atoms with Gasteiger partial charge >= 0.3 is 29.6 Å². The molecule has 35 heavy (non-hydrogen) atoms. The molecule has 180 valence electrons. The summed E-state index contributed by atoms with van der Waals surface area (Å²) in [6.07, 6.45) is 0. The van der Waals surface area contributed by atoms with Gasteiger partial charge in [-0.2, -0.15) is 16.8 Å². The summed E-state index contributed by atoms with van der Waals surface area (Å²) in [5, 5.41) is 12.1. The van der Waals surface area contributed by atoms with E-state index < -0.39 is 30.1 Å². The van der Waals surface area contributed by atoms with Gasteiger partial charge in [0, 0.05) is 31.5 Å². The van der Waals surface area contributed by atoms with E-state index in [1.807, 2.05) is 0 Å². The van der Waals surface area contributed by atoms with Crippen LogP contribution in [0.2, 0.25) is 0 Å². The molecule has 0 fully saturated rings. The normalized spacial score (nSPS) is 11.4. The third-order valence-corrected chi connectivity index (χ3v) is 7.84. The molecule has 0 spiro atoms. The van der Waals surface area contributed by atoms with Crippen LogP contribution in [0.25, 0.3) is 21.5 Å². The third-order valence-electron chi connectivity index (χ3n) is 4.66. The first-order chi connectivity index (χ1) is 15.7. The van der Waals surface area contributed by atoms with E-state index >= 15 is 0 Å². The Labute approximate surface area is 238 Å².